The molecule has 110 valence electrons. The van der Waals surface area contributed by atoms with Crippen LogP contribution in [0.2, 0.25) is 0 Å². The maximum atomic E-state index is 10.6. The van der Waals surface area contributed by atoms with Crippen molar-refractivity contribution < 1.29 is 9.53 Å². The van der Waals surface area contributed by atoms with Crippen LogP contribution in [0.3, 0.4) is 0 Å². The minimum absolute atomic E-state index is 0.245. The van der Waals surface area contributed by atoms with Crippen LogP contribution in [0.25, 0.3) is 0 Å². The Hall–Kier alpha value is -1.75. The monoisotopic (exact) mass is 277 g/mol. The Kier molecular flexibility index (Phi) is 5.68. The highest BCUT2D eigenvalue weighted by molar-refractivity contribution is 5.73. The first-order valence-electron chi connectivity index (χ1n) is 7.22. The van der Waals surface area contributed by atoms with E-state index in [0.29, 0.717) is 12.6 Å². The van der Waals surface area contributed by atoms with Crippen molar-refractivity contribution in [2.45, 2.75) is 31.7 Å². The van der Waals surface area contributed by atoms with Gasteiger partial charge in [-0.15, -0.1) is 0 Å². The van der Waals surface area contributed by atoms with Crippen LogP contribution in [0, 0.1) is 0 Å². The van der Waals surface area contributed by atoms with Crippen LogP contribution in [0.1, 0.15) is 25.7 Å². The van der Waals surface area contributed by atoms with Crippen LogP contribution in [0.5, 0.6) is 5.75 Å². The third kappa shape index (κ3) is 5.09. The molecule has 1 saturated heterocycles. The third-order valence-electron chi connectivity index (χ3n) is 3.42. The molecule has 0 bridgehead atoms. The fraction of sp³-hybridized carbons (Fsp3) is 0.533. The minimum Gasteiger partial charge on any atom is -0.493 e. The van der Waals surface area contributed by atoms with Gasteiger partial charge in [0.15, 0.2) is 0 Å². The largest absolute Gasteiger partial charge is 0.493 e. The standard InChI is InChI=1S/C15H23N3O2/c16-15(19)8-11-20-14-5-3-13(4-6-14)18-12-2-1-9-17-10-7-12/h3-6,12,17-18H,1-2,7-11H2,(H2,16,19). The highest BCUT2D eigenvalue weighted by Crippen LogP contribution is 2.18. The van der Waals surface area contributed by atoms with Crippen molar-refractivity contribution in [2.24, 2.45) is 5.73 Å². The molecule has 5 nitrogen and oxygen atoms in total. The molecular formula is C15H23N3O2. The molecule has 20 heavy (non-hydrogen) atoms. The summed E-state index contributed by atoms with van der Waals surface area (Å²) < 4.78 is 5.44. The first-order valence-corrected chi connectivity index (χ1v) is 7.22. The Labute approximate surface area is 119 Å². The van der Waals surface area contributed by atoms with E-state index in [9.17, 15) is 4.79 Å². The Bertz CT molecular complexity index is 412. The average molecular weight is 277 g/mol. The van der Waals surface area contributed by atoms with Gasteiger partial charge < -0.3 is 21.1 Å². The molecule has 1 amide bonds. The minimum atomic E-state index is -0.342. The number of primary amides is 1. The van der Waals surface area contributed by atoms with Crippen molar-refractivity contribution in [2.75, 3.05) is 25.0 Å². The zero-order valence-corrected chi connectivity index (χ0v) is 11.7. The summed E-state index contributed by atoms with van der Waals surface area (Å²) in [5.74, 6) is 0.421. The second kappa shape index (κ2) is 7.75. The van der Waals surface area contributed by atoms with E-state index in [1.807, 2.05) is 24.3 Å². The molecule has 0 radical (unpaired) electrons. The number of hydrogen-bond acceptors (Lipinski definition) is 4. The zero-order valence-electron chi connectivity index (χ0n) is 11.7. The van der Waals surface area contributed by atoms with Gasteiger partial charge in [-0.1, -0.05) is 0 Å². The van der Waals surface area contributed by atoms with E-state index in [2.05, 4.69) is 10.6 Å². The molecule has 0 spiro atoms. The maximum absolute atomic E-state index is 10.6. The van der Waals surface area contributed by atoms with Gasteiger partial charge in [-0.05, 0) is 56.6 Å². The topological polar surface area (TPSA) is 76.4 Å². The molecule has 0 aromatic heterocycles. The van der Waals surface area contributed by atoms with E-state index in [1.165, 1.54) is 12.8 Å². The molecular weight excluding hydrogens is 254 g/mol. The van der Waals surface area contributed by atoms with E-state index >= 15 is 0 Å². The number of carbonyl (C=O) groups excluding carboxylic acids is 1. The molecule has 1 aliphatic rings. The van der Waals surface area contributed by atoms with Gasteiger partial charge in [0, 0.05) is 11.7 Å². The molecule has 0 saturated carbocycles. The maximum Gasteiger partial charge on any atom is 0.220 e. The molecule has 1 aromatic rings. The number of amides is 1. The molecule has 1 heterocycles. The lowest BCUT2D eigenvalue weighted by molar-refractivity contribution is -0.118. The summed E-state index contributed by atoms with van der Waals surface area (Å²) in [6.07, 6.45) is 3.81. The van der Waals surface area contributed by atoms with E-state index in [0.717, 1.165) is 30.9 Å². The molecule has 5 heteroatoms. The third-order valence-corrected chi connectivity index (χ3v) is 3.42. The second-order valence-electron chi connectivity index (χ2n) is 5.11. The summed E-state index contributed by atoms with van der Waals surface area (Å²) in [5, 5.41) is 6.96. The van der Waals surface area contributed by atoms with Crippen LogP contribution in [-0.4, -0.2) is 31.6 Å². The Balaban J connectivity index is 1.79. The van der Waals surface area contributed by atoms with Crippen LogP contribution in [0.15, 0.2) is 24.3 Å². The van der Waals surface area contributed by atoms with Gasteiger partial charge in [0.2, 0.25) is 5.91 Å². The quantitative estimate of drug-likeness (QED) is 0.736. The van der Waals surface area contributed by atoms with Crippen LogP contribution in [-0.2, 0) is 4.79 Å². The van der Waals surface area contributed by atoms with Gasteiger partial charge in [0.1, 0.15) is 5.75 Å². The summed E-state index contributed by atoms with van der Waals surface area (Å²) in [7, 11) is 0. The van der Waals surface area contributed by atoms with Crippen molar-refractivity contribution in [3.8, 4) is 5.75 Å². The van der Waals surface area contributed by atoms with Gasteiger partial charge in [0.25, 0.3) is 0 Å². The van der Waals surface area contributed by atoms with Crippen LogP contribution < -0.4 is 21.1 Å². The number of nitrogens with two attached hydrogens (primary N) is 1. The predicted octanol–water partition coefficient (Wildman–Crippen LogP) is 1.49. The average Bonchev–Trinajstić information content (AvgIpc) is 2.69. The fourth-order valence-corrected chi connectivity index (χ4v) is 2.32. The number of hydrogen-bond donors (Lipinski definition) is 3. The number of rotatable bonds is 6. The van der Waals surface area contributed by atoms with Crippen molar-refractivity contribution in [1.82, 2.24) is 5.32 Å². The Morgan fingerprint density at radius 1 is 1.30 bits per heavy atom. The van der Waals surface area contributed by atoms with Crippen LogP contribution in [0.4, 0.5) is 5.69 Å². The zero-order chi connectivity index (χ0) is 14.2. The van der Waals surface area contributed by atoms with Gasteiger partial charge >= 0.3 is 0 Å². The lowest BCUT2D eigenvalue weighted by atomic mass is 10.1. The lowest BCUT2D eigenvalue weighted by Crippen LogP contribution is -2.21. The summed E-state index contributed by atoms with van der Waals surface area (Å²) in [4.78, 5) is 10.6. The van der Waals surface area contributed by atoms with E-state index < -0.39 is 0 Å². The summed E-state index contributed by atoms with van der Waals surface area (Å²) in [6.45, 7) is 2.52. The highest BCUT2D eigenvalue weighted by Gasteiger charge is 2.11. The lowest BCUT2D eigenvalue weighted by Gasteiger charge is -2.17. The summed E-state index contributed by atoms with van der Waals surface area (Å²) in [6, 6.07) is 8.39. The molecule has 1 atom stereocenters. The number of anilines is 1. The van der Waals surface area contributed by atoms with Gasteiger partial charge in [-0.2, -0.15) is 0 Å². The molecule has 1 fully saturated rings. The number of nitrogens with one attached hydrogen (secondary N) is 2. The van der Waals surface area contributed by atoms with E-state index in [1.54, 1.807) is 0 Å². The first-order chi connectivity index (χ1) is 9.74. The van der Waals surface area contributed by atoms with E-state index in [-0.39, 0.29) is 12.3 Å². The van der Waals surface area contributed by atoms with Crippen molar-refractivity contribution in [1.29, 1.82) is 0 Å². The van der Waals surface area contributed by atoms with E-state index in [4.69, 9.17) is 10.5 Å². The molecule has 0 aliphatic carbocycles. The van der Waals surface area contributed by atoms with Gasteiger partial charge in [0.05, 0.1) is 13.0 Å². The fourth-order valence-electron chi connectivity index (χ4n) is 2.32. The Morgan fingerprint density at radius 3 is 2.85 bits per heavy atom. The SMILES string of the molecule is NC(=O)CCOc1ccc(NC2CCCNCC2)cc1. The molecule has 1 aromatic carbocycles. The highest BCUT2D eigenvalue weighted by atomic mass is 16.5. The summed E-state index contributed by atoms with van der Waals surface area (Å²) in [5.41, 5.74) is 6.17. The predicted molar refractivity (Wildman–Crippen MR) is 79.9 cm³/mol. The van der Waals surface area contributed by atoms with Gasteiger partial charge in [-0.3, -0.25) is 4.79 Å². The van der Waals surface area contributed by atoms with Crippen LogP contribution >= 0.6 is 0 Å². The number of carbonyl (C=O) groups is 1. The summed E-state index contributed by atoms with van der Waals surface area (Å²) >= 11 is 0. The molecule has 1 unspecified atom stereocenters. The van der Waals surface area contributed by atoms with Crippen molar-refractivity contribution >= 4 is 11.6 Å². The smallest absolute Gasteiger partial charge is 0.220 e. The molecule has 2 rings (SSSR count). The van der Waals surface area contributed by atoms with Crippen molar-refractivity contribution in [3.63, 3.8) is 0 Å². The Morgan fingerprint density at radius 2 is 2.10 bits per heavy atom. The normalized spacial score (nSPS) is 19.1. The first kappa shape index (κ1) is 14.7. The second-order valence-corrected chi connectivity index (χ2v) is 5.11. The molecule has 4 N–H and O–H groups in total. The number of ether oxygens (including phenoxy) is 1. The van der Waals surface area contributed by atoms with Crippen molar-refractivity contribution in [3.05, 3.63) is 24.3 Å². The van der Waals surface area contributed by atoms with Gasteiger partial charge in [-0.25, -0.2) is 0 Å². The number of benzene rings is 1. The molecule has 1 aliphatic heterocycles.